The van der Waals surface area contributed by atoms with Gasteiger partial charge in [-0.3, -0.25) is 10.3 Å². The van der Waals surface area contributed by atoms with Crippen LogP contribution in [0.1, 0.15) is 40.4 Å². The second-order valence-electron chi connectivity index (χ2n) is 8.89. The monoisotopic (exact) mass is 494 g/mol. The molecule has 3 aromatic carbocycles. The Morgan fingerprint density at radius 3 is 2.17 bits per heavy atom. The third-order valence-corrected chi connectivity index (χ3v) is 6.31. The Bertz CT molecular complexity index is 1270. The molecule has 180 valence electrons. The number of nitrogens with one attached hydrogen (secondary N) is 1. The molecule has 0 fully saturated rings. The van der Waals surface area contributed by atoms with E-state index in [1.165, 1.54) is 18.3 Å². The molecule has 2 nitrogen and oxygen atoms in total. The van der Waals surface area contributed by atoms with E-state index in [4.69, 9.17) is 11.6 Å². The lowest BCUT2D eigenvalue weighted by Gasteiger charge is -2.36. The normalized spacial score (nSPS) is 13.4. The smallest absolute Gasteiger partial charge is 0.270 e. The number of benzene rings is 3. The van der Waals surface area contributed by atoms with E-state index in [0.29, 0.717) is 29.2 Å². The van der Waals surface area contributed by atoms with E-state index < -0.39 is 22.8 Å². The molecule has 0 radical (unpaired) electrons. The number of alkyl halides is 2. The van der Waals surface area contributed by atoms with Crippen LogP contribution in [0.3, 0.4) is 0 Å². The summed E-state index contributed by atoms with van der Waals surface area (Å²) < 4.78 is 43.5. The number of aromatic nitrogens is 1. The average molecular weight is 495 g/mol. The number of pyridine rings is 1. The molecule has 1 aromatic heterocycles. The molecule has 4 aromatic rings. The SMILES string of the molecule is Cc1ccc(CNC(Cc2ccccc2)(c2cc(F)cc(C(C)(F)F)c2)c2ccc(Cl)cn2)cc1. The highest BCUT2D eigenvalue weighted by Crippen LogP contribution is 2.37. The van der Waals surface area contributed by atoms with Gasteiger partial charge in [0.05, 0.1) is 16.3 Å². The lowest BCUT2D eigenvalue weighted by molar-refractivity contribution is 0.0169. The van der Waals surface area contributed by atoms with Crippen LogP contribution in [0.4, 0.5) is 13.2 Å². The van der Waals surface area contributed by atoms with Gasteiger partial charge < -0.3 is 0 Å². The van der Waals surface area contributed by atoms with E-state index in [2.05, 4.69) is 10.3 Å². The number of aryl methyl sites for hydroxylation is 1. The largest absolute Gasteiger partial charge is 0.298 e. The first kappa shape index (κ1) is 25.0. The van der Waals surface area contributed by atoms with Gasteiger partial charge in [-0.15, -0.1) is 0 Å². The van der Waals surface area contributed by atoms with E-state index in [-0.39, 0.29) is 0 Å². The summed E-state index contributed by atoms with van der Waals surface area (Å²) in [6.45, 7) is 3.18. The van der Waals surface area contributed by atoms with Gasteiger partial charge in [0, 0.05) is 31.6 Å². The Hall–Kier alpha value is -3.15. The highest BCUT2D eigenvalue weighted by Gasteiger charge is 2.38. The first-order valence-corrected chi connectivity index (χ1v) is 11.7. The molecule has 0 spiro atoms. The molecule has 6 heteroatoms. The van der Waals surface area contributed by atoms with Crippen LogP contribution in [0.25, 0.3) is 0 Å². The second-order valence-corrected chi connectivity index (χ2v) is 9.32. The topological polar surface area (TPSA) is 24.9 Å². The minimum Gasteiger partial charge on any atom is -0.298 e. The molecule has 35 heavy (non-hydrogen) atoms. The number of nitrogens with zero attached hydrogens (tertiary/aromatic N) is 1. The van der Waals surface area contributed by atoms with E-state index in [9.17, 15) is 13.2 Å². The molecule has 0 saturated heterocycles. The predicted molar refractivity (Wildman–Crippen MR) is 134 cm³/mol. The average Bonchev–Trinajstić information content (AvgIpc) is 2.83. The summed E-state index contributed by atoms with van der Waals surface area (Å²) in [5.41, 5.74) is 2.47. The van der Waals surface area contributed by atoms with Gasteiger partial charge in [-0.05, 0) is 53.9 Å². The highest BCUT2D eigenvalue weighted by molar-refractivity contribution is 6.30. The van der Waals surface area contributed by atoms with Crippen molar-refractivity contribution in [2.75, 3.05) is 0 Å². The molecule has 1 N–H and O–H groups in total. The Morgan fingerprint density at radius 2 is 1.54 bits per heavy atom. The van der Waals surface area contributed by atoms with E-state index in [0.717, 1.165) is 29.7 Å². The zero-order valence-electron chi connectivity index (χ0n) is 19.5. The van der Waals surface area contributed by atoms with Gasteiger partial charge in [0.25, 0.3) is 5.92 Å². The molecular weight excluding hydrogens is 469 g/mol. The van der Waals surface area contributed by atoms with Crippen LogP contribution in [0, 0.1) is 12.7 Å². The summed E-state index contributed by atoms with van der Waals surface area (Å²) in [5, 5.41) is 4.00. The van der Waals surface area contributed by atoms with Crippen LogP contribution in [0.15, 0.2) is 91.1 Å². The fraction of sp³-hybridized carbons (Fsp3) is 0.207. The molecule has 1 heterocycles. The van der Waals surface area contributed by atoms with Crippen LogP contribution in [0.2, 0.25) is 5.02 Å². The molecule has 1 atom stereocenters. The number of halogens is 4. The van der Waals surface area contributed by atoms with Crippen molar-refractivity contribution in [1.82, 2.24) is 10.3 Å². The summed E-state index contributed by atoms with van der Waals surface area (Å²) in [4.78, 5) is 4.57. The van der Waals surface area contributed by atoms with Crippen molar-refractivity contribution in [2.45, 2.75) is 38.3 Å². The zero-order valence-corrected chi connectivity index (χ0v) is 20.3. The lowest BCUT2D eigenvalue weighted by atomic mass is 9.79. The second kappa shape index (κ2) is 10.2. The van der Waals surface area contributed by atoms with Crippen molar-refractivity contribution in [1.29, 1.82) is 0 Å². The van der Waals surface area contributed by atoms with Gasteiger partial charge in [-0.1, -0.05) is 71.8 Å². The number of rotatable bonds is 8. The van der Waals surface area contributed by atoms with Gasteiger partial charge in [0.2, 0.25) is 0 Å². The summed E-state index contributed by atoms with van der Waals surface area (Å²) in [5.74, 6) is -3.94. The van der Waals surface area contributed by atoms with Crippen LogP contribution in [0.5, 0.6) is 0 Å². The molecule has 0 aliphatic carbocycles. The first-order chi connectivity index (χ1) is 16.7. The van der Waals surface area contributed by atoms with Gasteiger partial charge in [0.1, 0.15) is 5.82 Å². The van der Waals surface area contributed by atoms with E-state index in [1.54, 1.807) is 12.1 Å². The van der Waals surface area contributed by atoms with Crippen LogP contribution >= 0.6 is 11.6 Å². The number of hydrogen-bond donors (Lipinski definition) is 1. The van der Waals surface area contributed by atoms with Crippen LogP contribution < -0.4 is 5.32 Å². The third-order valence-electron chi connectivity index (χ3n) is 6.09. The zero-order chi connectivity index (χ0) is 25.1. The maximum atomic E-state index is 14.8. The van der Waals surface area contributed by atoms with Crippen LogP contribution in [-0.4, -0.2) is 4.98 Å². The van der Waals surface area contributed by atoms with Gasteiger partial charge >= 0.3 is 0 Å². The Labute approximate surface area is 208 Å². The molecule has 0 aliphatic rings. The molecule has 0 amide bonds. The number of hydrogen-bond acceptors (Lipinski definition) is 2. The quantitative estimate of drug-likeness (QED) is 0.273. The maximum Gasteiger partial charge on any atom is 0.270 e. The minimum atomic E-state index is -3.21. The van der Waals surface area contributed by atoms with Gasteiger partial charge in [0.15, 0.2) is 0 Å². The van der Waals surface area contributed by atoms with Crippen molar-refractivity contribution >= 4 is 11.6 Å². The predicted octanol–water partition coefficient (Wildman–Crippen LogP) is 7.57. The highest BCUT2D eigenvalue weighted by atomic mass is 35.5. The Kier molecular flexibility index (Phi) is 7.29. The molecular formula is C29H26ClF3N2. The third kappa shape index (κ3) is 5.92. The molecule has 1 unspecified atom stereocenters. The van der Waals surface area contributed by atoms with Crippen LogP contribution in [-0.2, 0) is 24.4 Å². The van der Waals surface area contributed by atoms with Gasteiger partial charge in [-0.2, -0.15) is 0 Å². The first-order valence-electron chi connectivity index (χ1n) is 11.3. The van der Waals surface area contributed by atoms with Crippen molar-refractivity contribution < 1.29 is 13.2 Å². The van der Waals surface area contributed by atoms with Crippen molar-refractivity contribution in [3.8, 4) is 0 Å². The van der Waals surface area contributed by atoms with E-state index in [1.807, 2.05) is 61.5 Å². The Morgan fingerprint density at radius 1 is 0.857 bits per heavy atom. The minimum absolute atomic E-state index is 0.354. The lowest BCUT2D eigenvalue weighted by Crippen LogP contribution is -2.46. The summed E-state index contributed by atoms with van der Waals surface area (Å²) >= 11 is 6.12. The fourth-order valence-corrected chi connectivity index (χ4v) is 4.29. The van der Waals surface area contributed by atoms with Crippen molar-refractivity contribution in [3.63, 3.8) is 0 Å². The fourth-order valence-electron chi connectivity index (χ4n) is 4.17. The Balaban J connectivity index is 1.92. The molecule has 4 rings (SSSR count). The molecule has 0 aliphatic heterocycles. The summed E-state index contributed by atoms with van der Waals surface area (Å²) in [7, 11) is 0. The summed E-state index contributed by atoms with van der Waals surface area (Å²) in [6.07, 6.45) is 1.87. The molecule has 0 bridgehead atoms. The van der Waals surface area contributed by atoms with Gasteiger partial charge in [-0.25, -0.2) is 13.2 Å². The summed E-state index contributed by atoms with van der Waals surface area (Å²) in [6, 6.07) is 24.6. The van der Waals surface area contributed by atoms with E-state index >= 15 is 0 Å². The van der Waals surface area contributed by atoms with Crippen molar-refractivity contribution in [3.05, 3.63) is 135 Å². The standard InChI is InChI=1S/C29H26ClF3N2/c1-20-8-10-22(11-9-20)18-35-29(17-21-6-4-3-5-7-21,27-13-12-25(30)19-34-27)24-14-23(28(2,32)33)15-26(31)16-24/h3-16,19,35H,17-18H2,1-2H3. The molecule has 0 saturated carbocycles. The van der Waals surface area contributed by atoms with Crippen molar-refractivity contribution in [2.24, 2.45) is 0 Å². The maximum absolute atomic E-state index is 14.8.